The standard InChI is InChI=1S/C15H21NO3S/c1-4-15(2,3)14(19)16-12-11(13(17)18)9-7-5-6-8-10(9)20-12/h4-8H2,1-3H3,(H,16,19)(H,17,18). The Labute approximate surface area is 123 Å². The maximum atomic E-state index is 12.3. The molecule has 5 heteroatoms. The summed E-state index contributed by atoms with van der Waals surface area (Å²) in [5.41, 5.74) is 0.753. The van der Waals surface area contributed by atoms with Crippen molar-refractivity contribution in [3.05, 3.63) is 16.0 Å². The van der Waals surface area contributed by atoms with E-state index >= 15 is 0 Å². The Morgan fingerprint density at radius 1 is 1.30 bits per heavy atom. The number of thiophene rings is 1. The van der Waals surface area contributed by atoms with E-state index in [4.69, 9.17) is 0 Å². The van der Waals surface area contributed by atoms with Crippen LogP contribution in [0.2, 0.25) is 0 Å². The summed E-state index contributed by atoms with van der Waals surface area (Å²) in [5, 5.41) is 12.8. The number of rotatable bonds is 4. The molecule has 20 heavy (non-hydrogen) atoms. The highest BCUT2D eigenvalue weighted by atomic mass is 32.1. The third-order valence-electron chi connectivity index (χ3n) is 4.11. The van der Waals surface area contributed by atoms with Crippen molar-refractivity contribution < 1.29 is 14.7 Å². The van der Waals surface area contributed by atoms with Crippen molar-refractivity contribution in [1.82, 2.24) is 0 Å². The number of aromatic carboxylic acids is 1. The molecule has 0 aliphatic heterocycles. The van der Waals surface area contributed by atoms with Crippen molar-refractivity contribution in [2.75, 3.05) is 5.32 Å². The minimum absolute atomic E-state index is 0.110. The molecule has 0 spiro atoms. The van der Waals surface area contributed by atoms with Crippen LogP contribution in [0.5, 0.6) is 0 Å². The lowest BCUT2D eigenvalue weighted by atomic mass is 9.89. The zero-order valence-corrected chi connectivity index (χ0v) is 13.0. The maximum absolute atomic E-state index is 12.3. The van der Waals surface area contributed by atoms with Crippen LogP contribution in [0.15, 0.2) is 0 Å². The predicted octanol–water partition coefficient (Wildman–Crippen LogP) is 3.70. The molecule has 2 rings (SSSR count). The number of fused-ring (bicyclic) bond motifs is 1. The van der Waals surface area contributed by atoms with Crippen molar-refractivity contribution in [2.45, 2.75) is 52.9 Å². The first-order chi connectivity index (χ1) is 9.36. The number of amides is 1. The van der Waals surface area contributed by atoms with Gasteiger partial charge in [0.25, 0.3) is 0 Å². The number of hydrogen-bond donors (Lipinski definition) is 2. The quantitative estimate of drug-likeness (QED) is 0.890. The van der Waals surface area contributed by atoms with Crippen LogP contribution in [0.4, 0.5) is 5.00 Å². The van der Waals surface area contributed by atoms with Gasteiger partial charge >= 0.3 is 5.97 Å². The summed E-state index contributed by atoms with van der Waals surface area (Å²) >= 11 is 1.43. The first-order valence-corrected chi connectivity index (χ1v) is 7.87. The average Bonchev–Trinajstić information content (AvgIpc) is 2.76. The summed E-state index contributed by atoms with van der Waals surface area (Å²) in [6, 6.07) is 0. The van der Waals surface area contributed by atoms with Crippen LogP contribution in [0.1, 0.15) is 60.8 Å². The monoisotopic (exact) mass is 295 g/mol. The molecule has 1 aromatic heterocycles. The first kappa shape index (κ1) is 15.0. The van der Waals surface area contributed by atoms with Gasteiger partial charge in [-0.15, -0.1) is 11.3 Å². The van der Waals surface area contributed by atoms with Gasteiger partial charge in [-0.1, -0.05) is 20.8 Å². The van der Waals surface area contributed by atoms with E-state index in [1.54, 1.807) is 0 Å². The van der Waals surface area contributed by atoms with E-state index in [2.05, 4.69) is 5.32 Å². The van der Waals surface area contributed by atoms with Gasteiger partial charge in [-0.3, -0.25) is 4.79 Å². The van der Waals surface area contributed by atoms with Crippen molar-refractivity contribution in [3.8, 4) is 0 Å². The Kier molecular flexibility index (Phi) is 4.18. The fourth-order valence-corrected chi connectivity index (χ4v) is 3.59. The number of nitrogens with one attached hydrogen (secondary N) is 1. The Morgan fingerprint density at radius 3 is 2.55 bits per heavy atom. The highest BCUT2D eigenvalue weighted by molar-refractivity contribution is 7.17. The molecule has 4 nitrogen and oxygen atoms in total. The minimum atomic E-state index is -0.936. The van der Waals surface area contributed by atoms with Gasteiger partial charge in [0.1, 0.15) is 5.00 Å². The van der Waals surface area contributed by atoms with Gasteiger partial charge < -0.3 is 10.4 Å². The molecule has 1 heterocycles. The zero-order chi connectivity index (χ0) is 14.9. The average molecular weight is 295 g/mol. The molecule has 0 bridgehead atoms. The molecule has 1 aliphatic carbocycles. The Morgan fingerprint density at radius 2 is 1.95 bits per heavy atom. The lowest BCUT2D eigenvalue weighted by Crippen LogP contribution is -2.30. The molecule has 1 aromatic rings. The molecule has 0 fully saturated rings. The van der Waals surface area contributed by atoms with Crippen molar-refractivity contribution in [1.29, 1.82) is 0 Å². The zero-order valence-electron chi connectivity index (χ0n) is 12.2. The summed E-state index contributed by atoms with van der Waals surface area (Å²) in [5.74, 6) is -1.05. The predicted molar refractivity (Wildman–Crippen MR) is 80.6 cm³/mol. The van der Waals surface area contributed by atoms with Gasteiger partial charge in [0.2, 0.25) is 5.91 Å². The topological polar surface area (TPSA) is 66.4 Å². The van der Waals surface area contributed by atoms with E-state index in [1.807, 2.05) is 20.8 Å². The molecule has 0 unspecified atom stereocenters. The molecule has 2 N–H and O–H groups in total. The largest absolute Gasteiger partial charge is 0.478 e. The molecule has 1 aliphatic rings. The molecule has 1 amide bonds. The lowest BCUT2D eigenvalue weighted by Gasteiger charge is -2.21. The molecule has 110 valence electrons. The maximum Gasteiger partial charge on any atom is 0.339 e. The van der Waals surface area contributed by atoms with Gasteiger partial charge in [0.05, 0.1) is 5.56 Å². The minimum Gasteiger partial charge on any atom is -0.478 e. The highest BCUT2D eigenvalue weighted by Gasteiger charge is 2.30. The van der Waals surface area contributed by atoms with Crippen LogP contribution in [0, 0.1) is 5.41 Å². The number of carbonyl (C=O) groups excluding carboxylic acids is 1. The number of carboxylic acid groups (broad SMARTS) is 1. The molecule has 0 radical (unpaired) electrons. The second kappa shape index (κ2) is 5.56. The number of carboxylic acids is 1. The third-order valence-corrected chi connectivity index (χ3v) is 5.32. The summed E-state index contributed by atoms with van der Waals surface area (Å²) in [6.07, 6.45) is 4.57. The summed E-state index contributed by atoms with van der Waals surface area (Å²) < 4.78 is 0. The number of carbonyl (C=O) groups is 2. The second-order valence-electron chi connectivity index (χ2n) is 5.91. The molecule has 0 saturated heterocycles. The SMILES string of the molecule is CCC(C)(C)C(=O)Nc1sc2c(c1C(=O)O)CCCC2. The first-order valence-electron chi connectivity index (χ1n) is 7.06. The number of anilines is 1. The Bertz CT molecular complexity index is 546. The van der Waals surface area contributed by atoms with Gasteiger partial charge in [-0.25, -0.2) is 4.79 Å². The van der Waals surface area contributed by atoms with E-state index in [9.17, 15) is 14.7 Å². The number of hydrogen-bond acceptors (Lipinski definition) is 3. The summed E-state index contributed by atoms with van der Waals surface area (Å²) in [6.45, 7) is 5.70. The van der Waals surface area contributed by atoms with Crippen LogP contribution >= 0.6 is 11.3 Å². The summed E-state index contributed by atoms with van der Waals surface area (Å²) in [7, 11) is 0. The van der Waals surface area contributed by atoms with Crippen LogP contribution in [0.25, 0.3) is 0 Å². The van der Waals surface area contributed by atoms with E-state index < -0.39 is 11.4 Å². The lowest BCUT2D eigenvalue weighted by molar-refractivity contribution is -0.124. The smallest absolute Gasteiger partial charge is 0.339 e. The van der Waals surface area contributed by atoms with E-state index in [0.717, 1.165) is 36.1 Å². The second-order valence-corrected chi connectivity index (χ2v) is 7.02. The molecule has 0 atom stereocenters. The van der Waals surface area contributed by atoms with Crippen LogP contribution < -0.4 is 5.32 Å². The van der Waals surface area contributed by atoms with Crippen LogP contribution in [0.3, 0.4) is 0 Å². The van der Waals surface area contributed by atoms with E-state index in [-0.39, 0.29) is 5.91 Å². The van der Waals surface area contributed by atoms with Gasteiger partial charge in [0.15, 0.2) is 0 Å². The highest BCUT2D eigenvalue weighted by Crippen LogP contribution is 2.39. The molecular formula is C15H21NO3S. The fourth-order valence-electron chi connectivity index (χ4n) is 2.31. The van der Waals surface area contributed by atoms with Crippen molar-refractivity contribution >= 4 is 28.2 Å². The van der Waals surface area contributed by atoms with Gasteiger partial charge in [0, 0.05) is 10.3 Å². The normalized spacial score (nSPS) is 14.8. The third kappa shape index (κ3) is 2.73. The van der Waals surface area contributed by atoms with E-state index in [0.29, 0.717) is 17.0 Å². The van der Waals surface area contributed by atoms with Crippen molar-refractivity contribution in [3.63, 3.8) is 0 Å². The Hall–Kier alpha value is -1.36. The molecular weight excluding hydrogens is 274 g/mol. The van der Waals surface area contributed by atoms with E-state index in [1.165, 1.54) is 11.3 Å². The molecule has 0 aromatic carbocycles. The van der Waals surface area contributed by atoms with Gasteiger partial charge in [-0.2, -0.15) is 0 Å². The summed E-state index contributed by atoms with van der Waals surface area (Å²) in [4.78, 5) is 24.9. The van der Waals surface area contributed by atoms with Crippen LogP contribution in [-0.2, 0) is 17.6 Å². The Balaban J connectivity index is 2.35. The van der Waals surface area contributed by atoms with Crippen LogP contribution in [-0.4, -0.2) is 17.0 Å². The van der Waals surface area contributed by atoms with Crippen molar-refractivity contribution in [2.24, 2.45) is 5.41 Å². The number of aryl methyl sites for hydroxylation is 1. The van der Waals surface area contributed by atoms with Gasteiger partial charge in [-0.05, 0) is 37.7 Å². The fraction of sp³-hybridized carbons (Fsp3) is 0.600. The molecule has 0 saturated carbocycles.